The van der Waals surface area contributed by atoms with Crippen LogP contribution in [0.4, 0.5) is 0 Å². The van der Waals surface area contributed by atoms with Crippen LogP contribution < -0.4 is 5.32 Å². The Bertz CT molecular complexity index is 141. The van der Waals surface area contributed by atoms with Crippen LogP contribution in [0.3, 0.4) is 0 Å². The van der Waals surface area contributed by atoms with Gasteiger partial charge in [0.2, 0.25) is 0 Å². The molecular formula is C11H23NO. The molecule has 0 aromatic heterocycles. The van der Waals surface area contributed by atoms with Gasteiger partial charge in [-0.05, 0) is 58.4 Å². The Kier molecular flexibility index (Phi) is 4.20. The van der Waals surface area contributed by atoms with E-state index in [2.05, 4.69) is 19.2 Å². The highest BCUT2D eigenvalue weighted by atomic mass is 16.2. The molecule has 0 amide bonds. The van der Waals surface area contributed by atoms with E-state index in [1.807, 2.05) is 0 Å². The molecule has 1 aliphatic carbocycles. The number of unbranched alkanes of at least 4 members (excludes halogenated alkanes) is 2. The summed E-state index contributed by atoms with van der Waals surface area (Å²) in [7, 11) is 0. The van der Waals surface area contributed by atoms with Crippen LogP contribution in [0.5, 0.6) is 0 Å². The van der Waals surface area contributed by atoms with Gasteiger partial charge in [-0.2, -0.15) is 0 Å². The molecule has 2 heteroatoms. The van der Waals surface area contributed by atoms with Gasteiger partial charge < -0.3 is 10.4 Å². The normalized spacial score (nSPS) is 17.8. The summed E-state index contributed by atoms with van der Waals surface area (Å²) < 4.78 is 0. The predicted molar refractivity (Wildman–Crippen MR) is 55.7 cm³/mol. The van der Waals surface area contributed by atoms with Gasteiger partial charge >= 0.3 is 0 Å². The zero-order valence-corrected chi connectivity index (χ0v) is 8.97. The lowest BCUT2D eigenvalue weighted by Gasteiger charge is -2.26. The first-order valence-electron chi connectivity index (χ1n) is 5.52. The molecule has 78 valence electrons. The van der Waals surface area contributed by atoms with Crippen LogP contribution in [0.2, 0.25) is 0 Å². The molecule has 1 rings (SSSR count). The minimum Gasteiger partial charge on any atom is -0.396 e. The van der Waals surface area contributed by atoms with Crippen molar-refractivity contribution in [1.29, 1.82) is 0 Å². The largest absolute Gasteiger partial charge is 0.396 e. The van der Waals surface area contributed by atoms with E-state index in [-0.39, 0.29) is 0 Å². The highest BCUT2D eigenvalue weighted by molar-refractivity contribution is 4.94. The first-order valence-corrected chi connectivity index (χ1v) is 5.52. The van der Waals surface area contributed by atoms with Crippen LogP contribution in [0.15, 0.2) is 0 Å². The smallest absolute Gasteiger partial charge is 0.0431 e. The fourth-order valence-electron chi connectivity index (χ4n) is 1.77. The molecular weight excluding hydrogens is 162 g/mol. The summed E-state index contributed by atoms with van der Waals surface area (Å²) in [5, 5.41) is 12.2. The van der Waals surface area contributed by atoms with Crippen LogP contribution in [0, 0.1) is 5.92 Å². The van der Waals surface area contributed by atoms with Crippen LogP contribution in [0.25, 0.3) is 0 Å². The van der Waals surface area contributed by atoms with E-state index in [1.54, 1.807) is 0 Å². The summed E-state index contributed by atoms with van der Waals surface area (Å²) in [6, 6.07) is 0. The molecule has 0 aromatic rings. The van der Waals surface area contributed by atoms with Crippen molar-refractivity contribution in [1.82, 2.24) is 5.32 Å². The highest BCUT2D eigenvalue weighted by Gasteiger charge is 2.36. The zero-order chi connectivity index (χ0) is 9.73. The second kappa shape index (κ2) is 4.97. The minimum atomic E-state index is 0.339. The van der Waals surface area contributed by atoms with Gasteiger partial charge in [-0.1, -0.05) is 0 Å². The van der Waals surface area contributed by atoms with Gasteiger partial charge in [0.25, 0.3) is 0 Å². The van der Waals surface area contributed by atoms with Crippen molar-refractivity contribution in [2.75, 3.05) is 13.2 Å². The average molecular weight is 185 g/mol. The van der Waals surface area contributed by atoms with Gasteiger partial charge in [0.05, 0.1) is 0 Å². The summed E-state index contributed by atoms with van der Waals surface area (Å²) in [5.74, 6) is 0.908. The topological polar surface area (TPSA) is 32.3 Å². The molecule has 1 saturated carbocycles. The first-order chi connectivity index (χ1) is 6.17. The maximum atomic E-state index is 8.60. The number of hydrogen-bond acceptors (Lipinski definition) is 2. The van der Waals surface area contributed by atoms with Crippen LogP contribution in [0.1, 0.15) is 46.0 Å². The maximum absolute atomic E-state index is 8.60. The van der Waals surface area contributed by atoms with Crippen molar-refractivity contribution in [3.05, 3.63) is 0 Å². The summed E-state index contributed by atoms with van der Waals surface area (Å²) in [6.45, 7) is 6.04. The monoisotopic (exact) mass is 185 g/mol. The van der Waals surface area contributed by atoms with Crippen LogP contribution >= 0.6 is 0 Å². The third-order valence-electron chi connectivity index (χ3n) is 3.01. The van der Waals surface area contributed by atoms with Crippen molar-refractivity contribution >= 4 is 0 Å². The van der Waals surface area contributed by atoms with Gasteiger partial charge in [0.1, 0.15) is 0 Å². The van der Waals surface area contributed by atoms with Gasteiger partial charge in [-0.3, -0.25) is 0 Å². The number of nitrogens with one attached hydrogen (secondary N) is 1. The number of hydrogen-bond donors (Lipinski definition) is 2. The number of aliphatic hydroxyl groups excluding tert-OH is 1. The van der Waals surface area contributed by atoms with E-state index < -0.39 is 0 Å². The van der Waals surface area contributed by atoms with Crippen molar-refractivity contribution in [3.8, 4) is 0 Å². The molecule has 0 heterocycles. The first kappa shape index (κ1) is 11.0. The standard InChI is InChI=1S/C11H23NO/c1-11(2,10-6-7-10)12-8-4-3-5-9-13/h10,12-13H,3-9H2,1-2H3. The molecule has 0 bridgehead atoms. The van der Waals surface area contributed by atoms with E-state index in [4.69, 9.17) is 5.11 Å². The molecule has 0 aliphatic heterocycles. The third-order valence-corrected chi connectivity index (χ3v) is 3.01. The summed E-state index contributed by atoms with van der Waals surface area (Å²) in [5.41, 5.74) is 0.346. The molecule has 13 heavy (non-hydrogen) atoms. The minimum absolute atomic E-state index is 0.339. The Hall–Kier alpha value is -0.0800. The molecule has 0 atom stereocenters. The molecule has 0 spiro atoms. The van der Waals surface area contributed by atoms with Gasteiger partial charge in [0.15, 0.2) is 0 Å². The average Bonchev–Trinajstić information content (AvgIpc) is 2.86. The Morgan fingerprint density at radius 3 is 2.46 bits per heavy atom. The maximum Gasteiger partial charge on any atom is 0.0431 e. The zero-order valence-electron chi connectivity index (χ0n) is 8.97. The third kappa shape index (κ3) is 4.10. The highest BCUT2D eigenvalue weighted by Crippen LogP contribution is 2.39. The van der Waals surface area contributed by atoms with Crippen LogP contribution in [-0.4, -0.2) is 23.8 Å². The molecule has 2 N–H and O–H groups in total. The Morgan fingerprint density at radius 1 is 1.23 bits per heavy atom. The van der Waals surface area contributed by atoms with Gasteiger partial charge in [-0.15, -0.1) is 0 Å². The quantitative estimate of drug-likeness (QED) is 0.594. The number of rotatable bonds is 7. The summed E-state index contributed by atoms with van der Waals surface area (Å²) >= 11 is 0. The molecule has 0 aromatic carbocycles. The van der Waals surface area contributed by atoms with E-state index in [1.165, 1.54) is 19.3 Å². The lowest BCUT2D eigenvalue weighted by atomic mass is 9.98. The van der Waals surface area contributed by atoms with Gasteiger partial charge in [0, 0.05) is 12.1 Å². The van der Waals surface area contributed by atoms with Crippen LogP contribution in [-0.2, 0) is 0 Å². The summed E-state index contributed by atoms with van der Waals surface area (Å²) in [6.07, 6.45) is 6.08. The molecule has 2 nitrogen and oxygen atoms in total. The Balaban J connectivity index is 1.97. The predicted octanol–water partition coefficient (Wildman–Crippen LogP) is 1.93. The fourth-order valence-corrected chi connectivity index (χ4v) is 1.77. The summed E-state index contributed by atoms with van der Waals surface area (Å²) in [4.78, 5) is 0. The van der Waals surface area contributed by atoms with E-state index in [0.29, 0.717) is 12.1 Å². The molecule has 0 saturated heterocycles. The van der Waals surface area contributed by atoms with Crippen molar-refractivity contribution < 1.29 is 5.11 Å². The van der Waals surface area contributed by atoms with E-state index in [9.17, 15) is 0 Å². The van der Waals surface area contributed by atoms with E-state index in [0.717, 1.165) is 25.3 Å². The molecule has 0 unspecified atom stereocenters. The SMILES string of the molecule is CC(C)(NCCCCCO)C1CC1. The fraction of sp³-hybridized carbons (Fsp3) is 1.00. The second-order valence-corrected chi connectivity index (χ2v) is 4.71. The van der Waals surface area contributed by atoms with Crippen molar-refractivity contribution in [2.24, 2.45) is 5.92 Å². The Labute approximate surface area is 81.7 Å². The number of aliphatic hydroxyl groups is 1. The van der Waals surface area contributed by atoms with Gasteiger partial charge in [-0.25, -0.2) is 0 Å². The molecule has 1 fully saturated rings. The lowest BCUT2D eigenvalue weighted by molar-refractivity contribution is 0.279. The molecule has 0 radical (unpaired) electrons. The molecule has 1 aliphatic rings. The van der Waals surface area contributed by atoms with Crippen molar-refractivity contribution in [3.63, 3.8) is 0 Å². The lowest BCUT2D eigenvalue weighted by Crippen LogP contribution is -2.41. The second-order valence-electron chi connectivity index (χ2n) is 4.71. The van der Waals surface area contributed by atoms with E-state index >= 15 is 0 Å². The van der Waals surface area contributed by atoms with Crippen molar-refractivity contribution in [2.45, 2.75) is 51.5 Å². The Morgan fingerprint density at radius 2 is 1.92 bits per heavy atom.